The van der Waals surface area contributed by atoms with Crippen molar-refractivity contribution in [2.75, 3.05) is 11.4 Å². The molecule has 8 heteroatoms. The maximum Gasteiger partial charge on any atom is 0.415 e. The number of hydrogen-bond acceptors (Lipinski definition) is 5. The molecule has 0 atom stereocenters. The number of ether oxygens (including phenoxy) is 3. The van der Waals surface area contributed by atoms with E-state index in [1.54, 1.807) is 51.1 Å². The molecule has 0 radical (unpaired) electrons. The van der Waals surface area contributed by atoms with Gasteiger partial charge < -0.3 is 14.2 Å². The average molecular weight is 570 g/mol. The third kappa shape index (κ3) is 6.98. The minimum atomic E-state index is -0.831. The Morgan fingerprint density at radius 3 is 2.22 bits per heavy atom. The van der Waals surface area contributed by atoms with Crippen LogP contribution in [0.4, 0.5) is 14.9 Å². The summed E-state index contributed by atoms with van der Waals surface area (Å²) in [5.74, 6) is -1.31. The van der Waals surface area contributed by atoms with E-state index in [1.165, 1.54) is 17.9 Å². The fourth-order valence-electron chi connectivity index (χ4n) is 3.47. The van der Waals surface area contributed by atoms with Gasteiger partial charge in [-0.2, -0.15) is 0 Å². The number of amides is 1. The van der Waals surface area contributed by atoms with Gasteiger partial charge in [0, 0.05) is 12.1 Å². The Morgan fingerprint density at radius 2 is 1.65 bits per heavy atom. The highest BCUT2D eigenvalue weighted by molar-refractivity contribution is 9.10. The number of halogens is 2. The first kappa shape index (κ1) is 27.9. The lowest BCUT2D eigenvalue weighted by atomic mass is 10.0. The molecule has 0 unspecified atom stereocenters. The number of rotatable bonds is 8. The molecule has 0 aliphatic rings. The number of esters is 1. The summed E-state index contributed by atoms with van der Waals surface area (Å²) in [5, 5.41) is 0. The number of carbonyl (C=O) groups is 2. The van der Waals surface area contributed by atoms with Crippen molar-refractivity contribution in [1.82, 2.24) is 0 Å². The Balaban J connectivity index is 2.21. The predicted molar refractivity (Wildman–Crippen MR) is 145 cm³/mol. The highest BCUT2D eigenvalue weighted by Gasteiger charge is 2.34. The molecule has 3 aromatic rings. The molecular formula is C29H29BrFNO5. The van der Waals surface area contributed by atoms with E-state index in [4.69, 9.17) is 14.2 Å². The second-order valence-electron chi connectivity index (χ2n) is 9.16. The maximum absolute atomic E-state index is 15.6. The molecule has 3 rings (SSSR count). The second kappa shape index (κ2) is 12.1. The van der Waals surface area contributed by atoms with E-state index in [1.807, 2.05) is 30.3 Å². The van der Waals surface area contributed by atoms with Crippen molar-refractivity contribution < 1.29 is 28.2 Å². The number of nitrogens with zero attached hydrogens (tertiary/aromatic N) is 1. The lowest BCUT2D eigenvalue weighted by Crippen LogP contribution is -2.38. The molecule has 37 heavy (non-hydrogen) atoms. The molecule has 0 N–H and O–H groups in total. The van der Waals surface area contributed by atoms with Crippen molar-refractivity contribution in [1.29, 1.82) is 0 Å². The first-order chi connectivity index (χ1) is 17.5. The van der Waals surface area contributed by atoms with Crippen LogP contribution in [-0.4, -0.2) is 24.2 Å². The van der Waals surface area contributed by atoms with Gasteiger partial charge in [0.05, 0.1) is 4.47 Å². The van der Waals surface area contributed by atoms with Crippen molar-refractivity contribution in [3.05, 3.63) is 100 Å². The van der Waals surface area contributed by atoms with Crippen LogP contribution in [-0.2, 0) is 11.3 Å². The molecule has 0 spiro atoms. The van der Waals surface area contributed by atoms with Gasteiger partial charge in [0.25, 0.3) is 0 Å². The standard InChI is InChI=1S/C29H29BrFNO5/c1-6-17-32(28(34)37-29(3,4)5)25-23(30)24(31)19(2)22(27(33)36-21-15-11-8-12-16-21)26(25)35-18-20-13-9-7-10-14-20/h6-16H,1,17-18H2,2-5H3. The van der Waals surface area contributed by atoms with E-state index < -0.39 is 23.5 Å². The molecule has 1 amide bonds. The normalized spacial score (nSPS) is 11.0. The second-order valence-corrected chi connectivity index (χ2v) is 9.96. The van der Waals surface area contributed by atoms with Crippen LogP contribution in [0.2, 0.25) is 0 Å². The average Bonchev–Trinajstić information content (AvgIpc) is 2.85. The van der Waals surface area contributed by atoms with E-state index >= 15 is 4.39 Å². The van der Waals surface area contributed by atoms with Gasteiger partial charge in [-0.05, 0) is 61.3 Å². The van der Waals surface area contributed by atoms with Gasteiger partial charge in [0.2, 0.25) is 0 Å². The topological polar surface area (TPSA) is 65.1 Å². The Bertz CT molecular complexity index is 1270. The van der Waals surface area contributed by atoms with Gasteiger partial charge in [0.1, 0.15) is 35.0 Å². The molecule has 0 bridgehead atoms. The van der Waals surface area contributed by atoms with Crippen LogP contribution in [0.15, 0.2) is 77.8 Å². The lowest BCUT2D eigenvalue weighted by Gasteiger charge is -2.30. The van der Waals surface area contributed by atoms with Crippen molar-refractivity contribution in [2.45, 2.75) is 39.9 Å². The summed E-state index contributed by atoms with van der Waals surface area (Å²) in [7, 11) is 0. The SMILES string of the molecule is C=CCN(C(=O)OC(C)(C)C)c1c(Br)c(F)c(C)c(C(=O)Oc2ccccc2)c1OCc1ccccc1. The lowest BCUT2D eigenvalue weighted by molar-refractivity contribution is 0.0581. The van der Waals surface area contributed by atoms with E-state index in [0.717, 1.165) is 5.56 Å². The molecule has 0 saturated carbocycles. The smallest absolute Gasteiger partial charge is 0.415 e. The number of carbonyl (C=O) groups excluding carboxylic acids is 2. The third-order valence-corrected chi connectivity index (χ3v) is 5.85. The quantitative estimate of drug-likeness (QED) is 0.158. The van der Waals surface area contributed by atoms with Crippen LogP contribution >= 0.6 is 15.9 Å². The summed E-state index contributed by atoms with van der Waals surface area (Å²) in [5.41, 5.74) is -0.170. The molecule has 194 valence electrons. The summed E-state index contributed by atoms with van der Waals surface area (Å²) in [6, 6.07) is 17.7. The molecule has 0 aliphatic carbocycles. The molecular weight excluding hydrogens is 541 g/mol. The zero-order valence-corrected chi connectivity index (χ0v) is 22.8. The summed E-state index contributed by atoms with van der Waals surface area (Å²) in [6.07, 6.45) is 0.708. The minimum absolute atomic E-state index is 0.00218. The van der Waals surface area contributed by atoms with Crippen molar-refractivity contribution in [2.24, 2.45) is 0 Å². The van der Waals surface area contributed by atoms with Gasteiger partial charge in [-0.25, -0.2) is 14.0 Å². The van der Waals surface area contributed by atoms with Crippen LogP contribution in [0, 0.1) is 12.7 Å². The van der Waals surface area contributed by atoms with E-state index in [9.17, 15) is 9.59 Å². The van der Waals surface area contributed by atoms with Crippen molar-refractivity contribution in [3.8, 4) is 11.5 Å². The molecule has 0 saturated heterocycles. The highest BCUT2D eigenvalue weighted by atomic mass is 79.9. The monoisotopic (exact) mass is 569 g/mol. The van der Waals surface area contributed by atoms with Crippen LogP contribution in [0.3, 0.4) is 0 Å². The Hall–Kier alpha value is -3.65. The van der Waals surface area contributed by atoms with E-state index in [0.29, 0.717) is 0 Å². The van der Waals surface area contributed by atoms with Crippen molar-refractivity contribution in [3.63, 3.8) is 0 Å². The van der Waals surface area contributed by atoms with Crippen LogP contribution in [0.5, 0.6) is 11.5 Å². The maximum atomic E-state index is 15.6. The molecule has 0 fully saturated rings. The van der Waals surface area contributed by atoms with E-state index in [-0.39, 0.29) is 45.9 Å². The Kier molecular flexibility index (Phi) is 9.10. The first-order valence-electron chi connectivity index (χ1n) is 11.6. The van der Waals surface area contributed by atoms with Gasteiger partial charge in [0.15, 0.2) is 5.75 Å². The van der Waals surface area contributed by atoms with Crippen LogP contribution in [0.1, 0.15) is 42.3 Å². The zero-order valence-electron chi connectivity index (χ0n) is 21.2. The summed E-state index contributed by atoms with van der Waals surface area (Å²) >= 11 is 3.29. The van der Waals surface area contributed by atoms with Gasteiger partial charge in [-0.15, -0.1) is 6.58 Å². The highest BCUT2D eigenvalue weighted by Crippen LogP contribution is 2.44. The van der Waals surface area contributed by atoms with Gasteiger partial charge in [-0.3, -0.25) is 4.90 Å². The van der Waals surface area contributed by atoms with Crippen molar-refractivity contribution >= 4 is 33.7 Å². The number of hydrogen-bond donors (Lipinski definition) is 0. The third-order valence-electron chi connectivity index (χ3n) is 5.13. The number of benzene rings is 3. The fraction of sp³-hybridized carbons (Fsp3) is 0.241. The largest absolute Gasteiger partial charge is 0.486 e. The molecule has 0 aliphatic heterocycles. The predicted octanol–water partition coefficient (Wildman–Crippen LogP) is 7.62. The molecule has 0 aromatic heterocycles. The summed E-state index contributed by atoms with van der Waals surface area (Å²) in [4.78, 5) is 27.8. The first-order valence-corrected chi connectivity index (χ1v) is 12.4. The molecule has 0 heterocycles. The summed E-state index contributed by atoms with van der Waals surface area (Å²) < 4.78 is 32.8. The summed E-state index contributed by atoms with van der Waals surface area (Å²) in [6.45, 7) is 10.3. The van der Waals surface area contributed by atoms with Gasteiger partial charge in [-0.1, -0.05) is 54.6 Å². The molecule has 6 nitrogen and oxygen atoms in total. The van der Waals surface area contributed by atoms with Crippen LogP contribution < -0.4 is 14.4 Å². The molecule has 3 aromatic carbocycles. The van der Waals surface area contributed by atoms with Gasteiger partial charge >= 0.3 is 12.1 Å². The zero-order chi connectivity index (χ0) is 27.2. The fourth-order valence-corrected chi connectivity index (χ4v) is 4.17. The van der Waals surface area contributed by atoms with E-state index in [2.05, 4.69) is 22.5 Å². The number of para-hydroxylation sites is 1. The van der Waals surface area contributed by atoms with Crippen LogP contribution in [0.25, 0.3) is 0 Å². The minimum Gasteiger partial charge on any atom is -0.486 e. The Labute approximate surface area is 224 Å². The number of anilines is 1. The Morgan fingerprint density at radius 1 is 1.05 bits per heavy atom.